The highest BCUT2D eigenvalue weighted by molar-refractivity contribution is 6.02. The smallest absolute Gasteiger partial charge is 0.340 e. The third kappa shape index (κ3) is 9.06. The SMILES string of the molecule is CCCCCCCCCCN(c1ccc(OC)cc1)C(C(=O)OCC)C(=O)OCC. The molecule has 0 spiro atoms. The van der Waals surface area contributed by atoms with Gasteiger partial charge in [0, 0.05) is 12.2 Å². The van der Waals surface area contributed by atoms with E-state index in [-0.39, 0.29) is 13.2 Å². The minimum Gasteiger partial charge on any atom is -0.497 e. The van der Waals surface area contributed by atoms with Crippen molar-refractivity contribution in [1.82, 2.24) is 0 Å². The van der Waals surface area contributed by atoms with Gasteiger partial charge in [0.05, 0.1) is 20.3 Å². The number of hydrogen-bond donors (Lipinski definition) is 0. The van der Waals surface area contributed by atoms with Crippen molar-refractivity contribution in [3.05, 3.63) is 24.3 Å². The van der Waals surface area contributed by atoms with Crippen molar-refractivity contribution in [3.63, 3.8) is 0 Å². The van der Waals surface area contributed by atoms with E-state index in [0.29, 0.717) is 6.54 Å². The molecule has 0 N–H and O–H groups in total. The number of nitrogens with zero attached hydrogens (tertiary/aromatic N) is 1. The molecule has 0 saturated carbocycles. The zero-order valence-electron chi connectivity index (χ0n) is 19.2. The lowest BCUT2D eigenvalue weighted by atomic mass is 10.1. The second-order valence-electron chi connectivity index (χ2n) is 7.27. The first kappa shape index (κ1) is 25.8. The summed E-state index contributed by atoms with van der Waals surface area (Å²) in [6.45, 7) is 6.68. The zero-order valence-corrected chi connectivity index (χ0v) is 19.2. The van der Waals surface area contributed by atoms with Gasteiger partial charge in [-0.15, -0.1) is 0 Å². The maximum atomic E-state index is 12.6. The number of rotatable bonds is 16. The highest BCUT2D eigenvalue weighted by Gasteiger charge is 2.35. The molecule has 1 aromatic rings. The summed E-state index contributed by atoms with van der Waals surface area (Å²) in [5.74, 6) is -0.438. The lowest BCUT2D eigenvalue weighted by Gasteiger charge is -2.30. The molecule has 0 aliphatic heterocycles. The molecule has 0 heterocycles. The number of methoxy groups -OCH3 is 1. The van der Waals surface area contributed by atoms with Crippen molar-refractivity contribution in [3.8, 4) is 5.75 Å². The van der Waals surface area contributed by atoms with Crippen molar-refractivity contribution in [2.75, 3.05) is 31.8 Å². The van der Waals surface area contributed by atoms with Gasteiger partial charge in [0.1, 0.15) is 5.75 Å². The van der Waals surface area contributed by atoms with Gasteiger partial charge in [-0.25, -0.2) is 9.59 Å². The molecule has 0 aromatic heterocycles. The van der Waals surface area contributed by atoms with Gasteiger partial charge >= 0.3 is 11.9 Å². The van der Waals surface area contributed by atoms with Crippen LogP contribution in [-0.4, -0.2) is 44.8 Å². The first-order valence-corrected chi connectivity index (χ1v) is 11.3. The highest BCUT2D eigenvalue weighted by Crippen LogP contribution is 2.23. The van der Waals surface area contributed by atoms with Crippen molar-refractivity contribution in [2.24, 2.45) is 0 Å². The second-order valence-corrected chi connectivity index (χ2v) is 7.27. The Labute approximate surface area is 181 Å². The summed E-state index contributed by atoms with van der Waals surface area (Å²) in [7, 11) is 1.60. The fraction of sp³-hybridized carbons (Fsp3) is 0.667. The van der Waals surface area contributed by atoms with Crippen LogP contribution in [0.1, 0.15) is 72.1 Å². The Kier molecular flexibility index (Phi) is 13.4. The predicted octanol–water partition coefficient (Wildman–Crippen LogP) is 5.14. The molecule has 6 nitrogen and oxygen atoms in total. The Bertz CT molecular complexity index is 584. The molecule has 1 rings (SSSR count). The average molecular weight is 422 g/mol. The Balaban J connectivity index is 2.88. The maximum absolute atomic E-state index is 12.6. The molecular formula is C24H39NO5. The lowest BCUT2D eigenvalue weighted by molar-refractivity contribution is -0.156. The molecule has 0 amide bonds. The number of carbonyl (C=O) groups excluding carboxylic acids is 2. The van der Waals surface area contributed by atoms with Crippen LogP contribution in [0.25, 0.3) is 0 Å². The first-order valence-electron chi connectivity index (χ1n) is 11.3. The molecular weight excluding hydrogens is 382 g/mol. The third-order valence-electron chi connectivity index (χ3n) is 4.99. The van der Waals surface area contributed by atoms with Crippen LogP contribution in [0, 0.1) is 0 Å². The summed E-state index contributed by atoms with van der Waals surface area (Å²) in [6, 6.07) is 6.25. The lowest BCUT2D eigenvalue weighted by Crippen LogP contribution is -2.49. The molecule has 170 valence electrons. The van der Waals surface area contributed by atoms with E-state index in [4.69, 9.17) is 14.2 Å². The van der Waals surface area contributed by atoms with E-state index in [9.17, 15) is 9.59 Å². The molecule has 30 heavy (non-hydrogen) atoms. The fourth-order valence-corrected chi connectivity index (χ4v) is 3.39. The van der Waals surface area contributed by atoms with Crippen LogP contribution in [0.2, 0.25) is 0 Å². The molecule has 0 bridgehead atoms. The summed E-state index contributed by atoms with van der Waals surface area (Å²) in [6.07, 6.45) is 9.43. The van der Waals surface area contributed by atoms with Gasteiger partial charge in [-0.05, 0) is 44.5 Å². The van der Waals surface area contributed by atoms with Crippen molar-refractivity contribution in [2.45, 2.75) is 78.2 Å². The molecule has 0 radical (unpaired) electrons. The van der Waals surface area contributed by atoms with E-state index in [0.717, 1.165) is 30.7 Å². The summed E-state index contributed by atoms with van der Waals surface area (Å²) in [5.41, 5.74) is 0.768. The number of esters is 2. The summed E-state index contributed by atoms with van der Waals surface area (Å²) in [5, 5.41) is 0. The van der Waals surface area contributed by atoms with Crippen LogP contribution in [0.5, 0.6) is 5.75 Å². The summed E-state index contributed by atoms with van der Waals surface area (Å²) < 4.78 is 15.6. The van der Waals surface area contributed by atoms with Gasteiger partial charge in [-0.3, -0.25) is 0 Å². The second kappa shape index (κ2) is 15.6. The molecule has 6 heteroatoms. The Morgan fingerprint density at radius 1 is 0.800 bits per heavy atom. The average Bonchev–Trinajstić information content (AvgIpc) is 2.75. The normalized spacial score (nSPS) is 10.7. The Morgan fingerprint density at radius 2 is 1.30 bits per heavy atom. The number of unbranched alkanes of at least 4 members (excludes halogenated alkanes) is 7. The van der Waals surface area contributed by atoms with Crippen molar-refractivity contribution >= 4 is 17.6 Å². The topological polar surface area (TPSA) is 65.1 Å². The standard InChI is InChI=1S/C24H39NO5/c1-5-8-9-10-11-12-13-14-19-25(20-15-17-21(28-4)18-16-20)22(23(26)29-6-2)24(27)30-7-3/h15-18,22H,5-14,19H2,1-4H3. The van der Waals surface area contributed by atoms with E-state index in [1.807, 2.05) is 24.3 Å². The van der Waals surface area contributed by atoms with Gasteiger partial charge in [-0.2, -0.15) is 0 Å². The van der Waals surface area contributed by atoms with Gasteiger partial charge in [0.15, 0.2) is 0 Å². The largest absolute Gasteiger partial charge is 0.497 e. The molecule has 0 unspecified atom stereocenters. The maximum Gasteiger partial charge on any atom is 0.340 e. The minimum atomic E-state index is -1.11. The van der Waals surface area contributed by atoms with Crippen LogP contribution < -0.4 is 9.64 Å². The molecule has 0 fully saturated rings. The monoisotopic (exact) mass is 421 g/mol. The minimum absolute atomic E-state index is 0.211. The van der Waals surface area contributed by atoms with Crippen LogP contribution >= 0.6 is 0 Å². The highest BCUT2D eigenvalue weighted by atomic mass is 16.6. The van der Waals surface area contributed by atoms with Crippen LogP contribution in [0.3, 0.4) is 0 Å². The van der Waals surface area contributed by atoms with Gasteiger partial charge < -0.3 is 19.1 Å². The number of hydrogen-bond acceptors (Lipinski definition) is 6. The van der Waals surface area contributed by atoms with E-state index in [2.05, 4.69) is 6.92 Å². The van der Waals surface area contributed by atoms with Gasteiger partial charge in [-0.1, -0.05) is 51.9 Å². The van der Waals surface area contributed by atoms with Gasteiger partial charge in [0.2, 0.25) is 6.04 Å². The fourth-order valence-electron chi connectivity index (χ4n) is 3.39. The first-order chi connectivity index (χ1) is 14.6. The van der Waals surface area contributed by atoms with E-state index < -0.39 is 18.0 Å². The molecule has 0 saturated heterocycles. The summed E-state index contributed by atoms with van der Waals surface area (Å²) >= 11 is 0. The number of ether oxygens (including phenoxy) is 3. The molecule has 1 aromatic carbocycles. The van der Waals surface area contributed by atoms with Gasteiger partial charge in [0.25, 0.3) is 0 Å². The van der Waals surface area contributed by atoms with E-state index >= 15 is 0 Å². The Hall–Kier alpha value is -2.24. The number of benzene rings is 1. The van der Waals surface area contributed by atoms with E-state index in [1.165, 1.54) is 32.1 Å². The van der Waals surface area contributed by atoms with Crippen LogP contribution in [0.15, 0.2) is 24.3 Å². The van der Waals surface area contributed by atoms with Crippen LogP contribution in [-0.2, 0) is 19.1 Å². The van der Waals surface area contributed by atoms with Crippen LogP contribution in [0.4, 0.5) is 5.69 Å². The zero-order chi connectivity index (χ0) is 22.2. The number of carbonyl (C=O) groups is 2. The van der Waals surface area contributed by atoms with Crippen molar-refractivity contribution in [1.29, 1.82) is 0 Å². The van der Waals surface area contributed by atoms with Crippen molar-refractivity contribution < 1.29 is 23.8 Å². The molecule has 0 aliphatic rings. The quantitative estimate of drug-likeness (QED) is 0.209. The Morgan fingerprint density at radius 3 is 1.77 bits per heavy atom. The summed E-state index contributed by atoms with van der Waals surface area (Å²) in [4.78, 5) is 27.1. The third-order valence-corrected chi connectivity index (χ3v) is 4.99. The molecule has 0 aliphatic carbocycles. The predicted molar refractivity (Wildman–Crippen MR) is 120 cm³/mol. The molecule has 0 atom stereocenters. The van der Waals surface area contributed by atoms with E-state index in [1.54, 1.807) is 25.9 Å². The number of anilines is 1.